The molecular formula is C15H18FN3S. The Bertz CT molecular complexity index is 607. The maximum atomic E-state index is 13.9. The van der Waals surface area contributed by atoms with Crippen LogP contribution in [0, 0.1) is 5.82 Å². The molecule has 1 fully saturated rings. The molecule has 20 heavy (non-hydrogen) atoms. The zero-order chi connectivity index (χ0) is 14.1. The van der Waals surface area contributed by atoms with E-state index in [-0.39, 0.29) is 5.82 Å². The first-order valence-electron chi connectivity index (χ1n) is 6.83. The fraction of sp³-hybridized carbons (Fsp3) is 0.400. The number of nitrogens with zero attached hydrogens (tertiary/aromatic N) is 2. The largest absolute Gasteiger partial charge is 0.318 e. The van der Waals surface area contributed by atoms with E-state index in [4.69, 9.17) is 4.98 Å². The highest BCUT2D eigenvalue weighted by Gasteiger charge is 2.30. The monoisotopic (exact) mass is 291 g/mol. The molecule has 1 heterocycles. The van der Waals surface area contributed by atoms with Crippen molar-refractivity contribution in [2.24, 2.45) is 0 Å². The number of benzene rings is 1. The van der Waals surface area contributed by atoms with Crippen LogP contribution in [0.2, 0.25) is 0 Å². The lowest BCUT2D eigenvalue weighted by Gasteiger charge is -2.16. The summed E-state index contributed by atoms with van der Waals surface area (Å²) in [5, 5.41) is 4.05. The van der Waals surface area contributed by atoms with Crippen LogP contribution < -0.4 is 10.2 Å². The second-order valence-electron chi connectivity index (χ2n) is 5.12. The Morgan fingerprint density at radius 2 is 2.15 bits per heavy atom. The Hall–Kier alpha value is -1.46. The third-order valence-corrected chi connectivity index (χ3v) is 4.67. The second kappa shape index (κ2) is 5.50. The third kappa shape index (κ3) is 2.55. The summed E-state index contributed by atoms with van der Waals surface area (Å²) in [6, 6.07) is 6.82. The van der Waals surface area contributed by atoms with Gasteiger partial charge in [-0.1, -0.05) is 23.5 Å². The Morgan fingerprint density at radius 3 is 2.80 bits per heavy atom. The predicted molar refractivity (Wildman–Crippen MR) is 81.3 cm³/mol. The molecule has 0 saturated heterocycles. The Morgan fingerprint density at radius 1 is 1.40 bits per heavy atom. The van der Waals surface area contributed by atoms with Crippen LogP contribution in [-0.4, -0.2) is 19.1 Å². The molecule has 1 aliphatic carbocycles. The SMILES string of the molecule is CNCc1sc(N(C)c2ccccc2F)nc1C1CC1. The summed E-state index contributed by atoms with van der Waals surface area (Å²) in [4.78, 5) is 7.86. The Balaban J connectivity index is 1.93. The summed E-state index contributed by atoms with van der Waals surface area (Å²) >= 11 is 1.65. The molecule has 0 unspecified atom stereocenters. The first kappa shape index (κ1) is 13.5. The lowest BCUT2D eigenvalue weighted by molar-refractivity contribution is 0.627. The molecule has 0 amide bonds. The third-order valence-electron chi connectivity index (χ3n) is 3.52. The molecule has 0 aliphatic heterocycles. The molecule has 0 spiro atoms. The number of anilines is 2. The van der Waals surface area contributed by atoms with E-state index < -0.39 is 0 Å². The van der Waals surface area contributed by atoms with Gasteiger partial charge in [0.15, 0.2) is 5.13 Å². The van der Waals surface area contributed by atoms with E-state index in [1.807, 2.05) is 25.1 Å². The summed E-state index contributed by atoms with van der Waals surface area (Å²) in [5.41, 5.74) is 1.77. The molecule has 1 aliphatic rings. The molecule has 5 heteroatoms. The number of halogens is 1. The topological polar surface area (TPSA) is 28.2 Å². The molecule has 2 aromatic rings. The van der Waals surface area contributed by atoms with Gasteiger partial charge >= 0.3 is 0 Å². The Labute approximate surface area is 122 Å². The van der Waals surface area contributed by atoms with Gasteiger partial charge in [0.1, 0.15) is 5.82 Å². The van der Waals surface area contributed by atoms with Crippen molar-refractivity contribution in [3.8, 4) is 0 Å². The van der Waals surface area contributed by atoms with E-state index in [0.717, 1.165) is 11.7 Å². The van der Waals surface area contributed by atoms with Crippen molar-refractivity contribution in [2.75, 3.05) is 19.0 Å². The van der Waals surface area contributed by atoms with Crippen LogP contribution in [-0.2, 0) is 6.54 Å². The van der Waals surface area contributed by atoms with E-state index in [1.165, 1.54) is 29.5 Å². The number of para-hydroxylation sites is 1. The van der Waals surface area contributed by atoms with E-state index in [0.29, 0.717) is 11.6 Å². The standard InChI is InChI=1S/C15H18FN3S/c1-17-9-13-14(10-7-8-10)18-15(20-13)19(2)12-6-4-3-5-11(12)16/h3-6,10,17H,7-9H2,1-2H3. The van der Waals surface area contributed by atoms with Crippen LogP contribution in [0.25, 0.3) is 0 Å². The van der Waals surface area contributed by atoms with E-state index in [1.54, 1.807) is 23.5 Å². The molecule has 1 aromatic heterocycles. The van der Waals surface area contributed by atoms with Crippen molar-refractivity contribution in [1.29, 1.82) is 0 Å². The highest BCUT2D eigenvalue weighted by molar-refractivity contribution is 7.15. The summed E-state index contributed by atoms with van der Waals surface area (Å²) in [5.74, 6) is 0.394. The quantitative estimate of drug-likeness (QED) is 0.911. The highest BCUT2D eigenvalue weighted by atomic mass is 32.1. The van der Waals surface area contributed by atoms with Gasteiger partial charge in [-0.15, -0.1) is 0 Å². The van der Waals surface area contributed by atoms with Crippen LogP contribution in [0.5, 0.6) is 0 Å². The molecule has 0 atom stereocenters. The van der Waals surface area contributed by atoms with Crippen molar-refractivity contribution in [1.82, 2.24) is 10.3 Å². The zero-order valence-electron chi connectivity index (χ0n) is 11.7. The number of rotatable bonds is 5. The van der Waals surface area contributed by atoms with Crippen LogP contribution >= 0.6 is 11.3 Å². The normalized spacial score (nSPS) is 14.6. The number of thiazole rings is 1. The average molecular weight is 291 g/mol. The molecule has 1 N–H and O–H groups in total. The van der Waals surface area contributed by atoms with E-state index in [2.05, 4.69) is 5.32 Å². The summed E-state index contributed by atoms with van der Waals surface area (Å²) in [6.45, 7) is 0.828. The fourth-order valence-corrected chi connectivity index (χ4v) is 3.42. The van der Waals surface area contributed by atoms with Gasteiger partial charge in [0.25, 0.3) is 0 Å². The van der Waals surface area contributed by atoms with E-state index >= 15 is 0 Å². The lowest BCUT2D eigenvalue weighted by Crippen LogP contribution is -2.10. The van der Waals surface area contributed by atoms with Gasteiger partial charge in [-0.25, -0.2) is 9.37 Å². The van der Waals surface area contributed by atoms with Gasteiger partial charge in [0.2, 0.25) is 0 Å². The van der Waals surface area contributed by atoms with Gasteiger partial charge in [-0.2, -0.15) is 0 Å². The molecule has 3 rings (SSSR count). The van der Waals surface area contributed by atoms with Crippen LogP contribution in [0.4, 0.5) is 15.2 Å². The fourth-order valence-electron chi connectivity index (χ4n) is 2.28. The first-order chi connectivity index (χ1) is 9.70. The van der Waals surface area contributed by atoms with Gasteiger partial charge in [-0.05, 0) is 32.0 Å². The molecule has 0 bridgehead atoms. The summed E-state index contributed by atoms with van der Waals surface area (Å²) < 4.78 is 13.9. The zero-order valence-corrected chi connectivity index (χ0v) is 12.5. The van der Waals surface area contributed by atoms with Crippen LogP contribution in [0.15, 0.2) is 24.3 Å². The van der Waals surface area contributed by atoms with Crippen molar-refractivity contribution >= 4 is 22.2 Å². The number of nitrogens with one attached hydrogen (secondary N) is 1. The second-order valence-corrected chi connectivity index (χ2v) is 6.18. The maximum absolute atomic E-state index is 13.9. The minimum Gasteiger partial charge on any atom is -0.318 e. The predicted octanol–water partition coefficient (Wildman–Crippen LogP) is 3.65. The molecule has 106 valence electrons. The van der Waals surface area contributed by atoms with Crippen molar-refractivity contribution in [2.45, 2.75) is 25.3 Å². The smallest absolute Gasteiger partial charge is 0.190 e. The molecular weight excluding hydrogens is 273 g/mol. The van der Waals surface area contributed by atoms with Crippen LogP contribution in [0.1, 0.15) is 29.3 Å². The maximum Gasteiger partial charge on any atom is 0.190 e. The van der Waals surface area contributed by atoms with Crippen molar-refractivity contribution in [3.05, 3.63) is 40.7 Å². The minimum atomic E-state index is -0.215. The number of aromatic nitrogens is 1. The van der Waals surface area contributed by atoms with E-state index in [9.17, 15) is 4.39 Å². The highest BCUT2D eigenvalue weighted by Crippen LogP contribution is 2.44. The minimum absolute atomic E-state index is 0.215. The lowest BCUT2D eigenvalue weighted by atomic mass is 10.2. The molecule has 1 saturated carbocycles. The van der Waals surface area contributed by atoms with Gasteiger partial charge in [-0.3, -0.25) is 0 Å². The molecule has 3 nitrogen and oxygen atoms in total. The van der Waals surface area contributed by atoms with Gasteiger partial charge in [0, 0.05) is 24.4 Å². The van der Waals surface area contributed by atoms with Gasteiger partial charge < -0.3 is 10.2 Å². The molecule has 1 aromatic carbocycles. The number of hydrogen-bond donors (Lipinski definition) is 1. The van der Waals surface area contributed by atoms with Crippen molar-refractivity contribution in [3.63, 3.8) is 0 Å². The number of hydrogen-bond acceptors (Lipinski definition) is 4. The summed E-state index contributed by atoms with van der Waals surface area (Å²) in [6.07, 6.45) is 2.45. The Kier molecular flexibility index (Phi) is 3.72. The summed E-state index contributed by atoms with van der Waals surface area (Å²) in [7, 11) is 3.81. The van der Waals surface area contributed by atoms with Crippen LogP contribution in [0.3, 0.4) is 0 Å². The molecule has 0 radical (unpaired) electrons. The van der Waals surface area contributed by atoms with Gasteiger partial charge in [0.05, 0.1) is 11.4 Å². The average Bonchev–Trinajstić information content (AvgIpc) is 3.20. The first-order valence-corrected chi connectivity index (χ1v) is 7.64. The van der Waals surface area contributed by atoms with Crippen molar-refractivity contribution < 1.29 is 4.39 Å².